The molecule has 0 aromatic carbocycles. The molecule has 1 fully saturated rings. The molecule has 1 heterocycles. The number of carbonyl (C=O) groups excluding carboxylic acids is 1. The molecule has 4 nitrogen and oxygen atoms in total. The van der Waals surface area contributed by atoms with Crippen LogP contribution in [0.3, 0.4) is 0 Å². The van der Waals surface area contributed by atoms with Gasteiger partial charge in [-0.05, 0) is 39.9 Å². The van der Waals surface area contributed by atoms with Gasteiger partial charge >= 0.3 is 0 Å². The molecule has 0 amide bonds. The predicted octanol–water partition coefficient (Wildman–Crippen LogP) is 0.475. The summed E-state index contributed by atoms with van der Waals surface area (Å²) in [5.74, 6) is -0.145. The Balaban J connectivity index is 3.06. The van der Waals surface area contributed by atoms with Crippen molar-refractivity contribution in [3.05, 3.63) is 0 Å². The van der Waals surface area contributed by atoms with Crippen LogP contribution in [0, 0.1) is 0 Å². The number of Topliss-reactive ketones (excluding diaryl/α,β-unsaturated/α-hetero) is 1. The van der Waals surface area contributed by atoms with Crippen molar-refractivity contribution in [3.8, 4) is 0 Å². The Bertz CT molecular complexity index is 340. The molecule has 0 atom stereocenters. The van der Waals surface area contributed by atoms with Crippen molar-refractivity contribution in [2.24, 2.45) is 0 Å². The van der Waals surface area contributed by atoms with Crippen molar-refractivity contribution in [2.75, 3.05) is 25.9 Å². The Labute approximate surface area is 91.6 Å². The van der Waals surface area contributed by atoms with E-state index in [0.29, 0.717) is 25.9 Å². The molecule has 0 aromatic heterocycles. The second-order valence-electron chi connectivity index (χ2n) is 4.26. The lowest BCUT2D eigenvalue weighted by molar-refractivity contribution is -0.120. The Hall–Kier alpha value is -0.420. The van der Waals surface area contributed by atoms with Gasteiger partial charge in [0.1, 0.15) is 4.75 Å². The van der Waals surface area contributed by atoms with Crippen molar-refractivity contribution in [1.82, 2.24) is 4.90 Å². The Morgan fingerprint density at radius 1 is 1.33 bits per heavy atom. The van der Waals surface area contributed by atoms with Crippen LogP contribution in [0.4, 0.5) is 0 Å². The zero-order valence-corrected chi connectivity index (χ0v) is 10.4. The van der Waals surface area contributed by atoms with Gasteiger partial charge in [-0.25, -0.2) is 8.42 Å². The van der Waals surface area contributed by atoms with E-state index in [1.165, 1.54) is 6.92 Å². The highest BCUT2D eigenvalue weighted by Gasteiger charge is 2.48. The van der Waals surface area contributed by atoms with Gasteiger partial charge < -0.3 is 4.90 Å². The normalized spacial score (nSPS) is 22.6. The molecule has 0 saturated carbocycles. The van der Waals surface area contributed by atoms with E-state index in [0.717, 1.165) is 0 Å². The van der Waals surface area contributed by atoms with Gasteiger partial charge in [0, 0.05) is 5.75 Å². The maximum atomic E-state index is 12.0. The van der Waals surface area contributed by atoms with Gasteiger partial charge in [0.25, 0.3) is 0 Å². The van der Waals surface area contributed by atoms with Crippen LogP contribution in [0.15, 0.2) is 0 Å². The molecule has 15 heavy (non-hydrogen) atoms. The van der Waals surface area contributed by atoms with Crippen LogP contribution in [-0.4, -0.2) is 49.7 Å². The van der Waals surface area contributed by atoms with E-state index in [9.17, 15) is 13.2 Å². The van der Waals surface area contributed by atoms with Crippen LogP contribution >= 0.6 is 0 Å². The molecule has 1 saturated heterocycles. The van der Waals surface area contributed by atoms with Gasteiger partial charge in [0.05, 0.1) is 0 Å². The van der Waals surface area contributed by atoms with Crippen LogP contribution in [-0.2, 0) is 14.6 Å². The van der Waals surface area contributed by atoms with Crippen LogP contribution in [0.25, 0.3) is 0 Å². The fourth-order valence-electron chi connectivity index (χ4n) is 2.14. The largest absolute Gasteiger partial charge is 0.306 e. The summed E-state index contributed by atoms with van der Waals surface area (Å²) in [6.07, 6.45) is 0.879. The van der Waals surface area contributed by atoms with Crippen molar-refractivity contribution in [2.45, 2.75) is 31.4 Å². The standard InChI is InChI=1S/C10H19NO3S/c1-4-15(13,14)10(9(2)12)5-7-11(3)8-6-10/h4-8H2,1-3H3. The number of likely N-dealkylation sites (tertiary alicyclic amines) is 1. The summed E-state index contributed by atoms with van der Waals surface area (Å²) < 4.78 is 22.9. The number of ketones is 1. The average Bonchev–Trinajstić information content (AvgIpc) is 2.18. The lowest BCUT2D eigenvalue weighted by Gasteiger charge is -2.37. The number of carbonyl (C=O) groups is 1. The van der Waals surface area contributed by atoms with Gasteiger partial charge in [0.2, 0.25) is 0 Å². The maximum Gasteiger partial charge on any atom is 0.162 e. The lowest BCUT2D eigenvalue weighted by Crippen LogP contribution is -2.53. The second kappa shape index (κ2) is 4.22. The third kappa shape index (κ3) is 2.08. The first-order valence-electron chi connectivity index (χ1n) is 5.27. The topological polar surface area (TPSA) is 54.5 Å². The minimum atomic E-state index is -3.28. The number of sulfone groups is 1. The minimum absolute atomic E-state index is 0.0519. The van der Waals surface area contributed by atoms with Gasteiger partial charge in [-0.3, -0.25) is 4.79 Å². The first-order chi connectivity index (χ1) is 6.85. The summed E-state index contributed by atoms with van der Waals surface area (Å²) >= 11 is 0. The molecule has 1 aliphatic rings. The molecule has 0 aromatic rings. The molecular weight excluding hydrogens is 214 g/mol. The van der Waals surface area contributed by atoms with Crippen molar-refractivity contribution < 1.29 is 13.2 Å². The molecular formula is C10H19NO3S. The van der Waals surface area contributed by atoms with E-state index in [-0.39, 0.29) is 11.5 Å². The number of hydrogen-bond acceptors (Lipinski definition) is 4. The minimum Gasteiger partial charge on any atom is -0.306 e. The smallest absolute Gasteiger partial charge is 0.162 e. The molecule has 0 N–H and O–H groups in total. The van der Waals surface area contributed by atoms with Crippen LogP contribution in [0.2, 0.25) is 0 Å². The highest BCUT2D eigenvalue weighted by atomic mass is 32.2. The van der Waals surface area contributed by atoms with Gasteiger partial charge in [-0.15, -0.1) is 0 Å². The molecule has 0 spiro atoms. The van der Waals surface area contributed by atoms with Crippen molar-refractivity contribution in [1.29, 1.82) is 0 Å². The quantitative estimate of drug-likeness (QED) is 0.711. The van der Waals surface area contributed by atoms with E-state index in [1.54, 1.807) is 6.92 Å². The number of nitrogens with zero attached hydrogens (tertiary/aromatic N) is 1. The number of piperidine rings is 1. The number of rotatable bonds is 3. The Morgan fingerprint density at radius 3 is 2.13 bits per heavy atom. The first-order valence-corrected chi connectivity index (χ1v) is 6.93. The van der Waals surface area contributed by atoms with E-state index >= 15 is 0 Å². The Kier molecular flexibility index (Phi) is 3.55. The summed E-state index contributed by atoms with van der Waals surface area (Å²) in [6.45, 7) is 4.37. The maximum absolute atomic E-state index is 12.0. The molecule has 0 radical (unpaired) electrons. The Morgan fingerprint density at radius 2 is 1.80 bits per heavy atom. The van der Waals surface area contributed by atoms with Crippen molar-refractivity contribution in [3.63, 3.8) is 0 Å². The predicted molar refractivity (Wildman–Crippen MR) is 59.6 cm³/mol. The molecule has 0 aliphatic carbocycles. The molecule has 88 valence electrons. The molecule has 5 heteroatoms. The average molecular weight is 233 g/mol. The molecule has 0 bridgehead atoms. The third-order valence-electron chi connectivity index (χ3n) is 3.41. The van der Waals surface area contributed by atoms with Crippen LogP contribution < -0.4 is 0 Å². The SMILES string of the molecule is CCS(=O)(=O)C1(C(C)=O)CCN(C)CC1. The monoisotopic (exact) mass is 233 g/mol. The molecule has 1 aliphatic heterocycles. The summed E-state index contributed by atoms with van der Waals surface area (Å²) in [6, 6.07) is 0. The fraction of sp³-hybridized carbons (Fsp3) is 0.900. The second-order valence-corrected chi connectivity index (χ2v) is 6.85. The van der Waals surface area contributed by atoms with Gasteiger partial charge in [0.15, 0.2) is 15.6 Å². The van der Waals surface area contributed by atoms with Crippen LogP contribution in [0.1, 0.15) is 26.7 Å². The lowest BCUT2D eigenvalue weighted by atomic mass is 9.92. The zero-order valence-electron chi connectivity index (χ0n) is 9.62. The summed E-state index contributed by atoms with van der Waals surface area (Å²) in [7, 11) is -1.33. The van der Waals surface area contributed by atoms with E-state index in [1.807, 2.05) is 7.05 Å². The van der Waals surface area contributed by atoms with Crippen LogP contribution in [0.5, 0.6) is 0 Å². The zero-order chi connectivity index (χ0) is 11.7. The fourth-order valence-corrected chi connectivity index (χ4v) is 3.93. The summed E-state index contributed by atoms with van der Waals surface area (Å²) in [5, 5.41) is 0. The summed E-state index contributed by atoms with van der Waals surface area (Å²) in [4.78, 5) is 13.7. The van der Waals surface area contributed by atoms with E-state index in [2.05, 4.69) is 4.90 Å². The highest BCUT2D eigenvalue weighted by molar-refractivity contribution is 7.93. The third-order valence-corrected chi connectivity index (χ3v) is 6.06. The molecule has 1 rings (SSSR count). The summed E-state index contributed by atoms with van der Waals surface area (Å²) in [5.41, 5.74) is 0. The van der Waals surface area contributed by atoms with E-state index < -0.39 is 14.6 Å². The highest BCUT2D eigenvalue weighted by Crippen LogP contribution is 2.31. The van der Waals surface area contributed by atoms with Gasteiger partial charge in [-0.2, -0.15) is 0 Å². The number of hydrogen-bond donors (Lipinski definition) is 0. The van der Waals surface area contributed by atoms with Crippen molar-refractivity contribution >= 4 is 15.6 Å². The first kappa shape index (κ1) is 12.6. The van der Waals surface area contributed by atoms with Gasteiger partial charge in [-0.1, -0.05) is 6.92 Å². The molecule has 0 unspecified atom stereocenters. The van der Waals surface area contributed by atoms with E-state index in [4.69, 9.17) is 0 Å².